The van der Waals surface area contributed by atoms with Crippen molar-refractivity contribution < 1.29 is 4.79 Å². The summed E-state index contributed by atoms with van der Waals surface area (Å²) < 4.78 is 0. The van der Waals surface area contributed by atoms with E-state index in [0.29, 0.717) is 6.41 Å². The van der Waals surface area contributed by atoms with Crippen LogP contribution in [0.2, 0.25) is 0 Å². The van der Waals surface area contributed by atoms with Crippen molar-refractivity contribution in [2.75, 3.05) is 0 Å². The highest BCUT2D eigenvalue weighted by molar-refractivity contribution is 5.74. The molecule has 1 amide bonds. The third kappa shape index (κ3) is 1.46. The van der Waals surface area contributed by atoms with E-state index in [1.165, 1.54) is 0 Å². The highest BCUT2D eigenvalue weighted by atomic mass is 16.1. The number of hydrogen-bond acceptors (Lipinski definition) is 2. The number of carbonyl (C=O) groups excluding carboxylic acids is 1. The first-order chi connectivity index (χ1) is 6.81. The molecule has 4 heteroatoms. The van der Waals surface area contributed by atoms with Gasteiger partial charge in [-0.2, -0.15) is 0 Å². The molecule has 2 aromatic rings. The second-order valence-electron chi connectivity index (χ2n) is 3.15. The van der Waals surface area contributed by atoms with Crippen molar-refractivity contribution in [1.29, 1.82) is 0 Å². The molecule has 0 spiro atoms. The lowest BCUT2D eigenvalue weighted by Gasteiger charge is -2.04. The minimum Gasteiger partial charge on any atom is -0.349 e. The van der Waals surface area contributed by atoms with Crippen LogP contribution in [0.4, 0.5) is 0 Å². The van der Waals surface area contributed by atoms with Gasteiger partial charge in [-0.15, -0.1) is 0 Å². The number of benzene rings is 1. The molecule has 72 valence electrons. The lowest BCUT2D eigenvalue weighted by atomic mass is 10.3. The van der Waals surface area contributed by atoms with E-state index in [-0.39, 0.29) is 6.04 Å². The van der Waals surface area contributed by atoms with Gasteiger partial charge in [0.25, 0.3) is 0 Å². The van der Waals surface area contributed by atoms with E-state index in [9.17, 15) is 4.79 Å². The molecule has 0 saturated heterocycles. The van der Waals surface area contributed by atoms with Crippen molar-refractivity contribution in [2.45, 2.75) is 13.0 Å². The first-order valence-electron chi connectivity index (χ1n) is 4.45. The average molecular weight is 189 g/mol. The Morgan fingerprint density at radius 1 is 1.50 bits per heavy atom. The molecule has 0 radical (unpaired) electrons. The zero-order valence-corrected chi connectivity index (χ0v) is 7.82. The molecule has 2 rings (SSSR count). The number of rotatable bonds is 3. The lowest BCUT2D eigenvalue weighted by Crippen LogP contribution is -2.17. The molecule has 1 aromatic heterocycles. The van der Waals surface area contributed by atoms with Crippen LogP contribution in [0.1, 0.15) is 18.8 Å². The van der Waals surface area contributed by atoms with Gasteiger partial charge in [0.05, 0.1) is 17.1 Å². The Morgan fingerprint density at radius 2 is 2.29 bits per heavy atom. The molecule has 14 heavy (non-hydrogen) atoms. The molecule has 4 nitrogen and oxygen atoms in total. The van der Waals surface area contributed by atoms with Gasteiger partial charge in [-0.25, -0.2) is 4.98 Å². The fourth-order valence-electron chi connectivity index (χ4n) is 1.36. The van der Waals surface area contributed by atoms with Gasteiger partial charge in [0.1, 0.15) is 5.82 Å². The summed E-state index contributed by atoms with van der Waals surface area (Å²) in [5.41, 5.74) is 1.91. The lowest BCUT2D eigenvalue weighted by molar-refractivity contribution is -0.110. The Morgan fingerprint density at radius 3 is 3.00 bits per heavy atom. The summed E-state index contributed by atoms with van der Waals surface area (Å²) in [4.78, 5) is 17.8. The minimum atomic E-state index is -0.0834. The van der Waals surface area contributed by atoms with E-state index in [2.05, 4.69) is 15.3 Å². The molecule has 0 aliphatic rings. The number of nitrogens with zero attached hydrogens (tertiary/aromatic N) is 1. The topological polar surface area (TPSA) is 57.8 Å². The molecule has 0 aliphatic carbocycles. The molecular formula is C10H11N3O. The van der Waals surface area contributed by atoms with Gasteiger partial charge in [-0.05, 0) is 19.1 Å². The number of imidazole rings is 1. The Balaban J connectivity index is 2.39. The van der Waals surface area contributed by atoms with Crippen LogP contribution in [-0.4, -0.2) is 16.4 Å². The number of fused-ring (bicyclic) bond motifs is 1. The van der Waals surface area contributed by atoms with Crippen LogP contribution in [0.3, 0.4) is 0 Å². The molecular weight excluding hydrogens is 178 g/mol. The Kier molecular flexibility index (Phi) is 2.18. The van der Waals surface area contributed by atoms with E-state index >= 15 is 0 Å². The van der Waals surface area contributed by atoms with E-state index in [0.717, 1.165) is 16.9 Å². The number of aromatic amines is 1. The first kappa shape index (κ1) is 8.74. The molecule has 1 aromatic carbocycles. The first-order valence-corrected chi connectivity index (χ1v) is 4.45. The number of H-pyrrole nitrogens is 1. The number of carbonyl (C=O) groups is 1. The Hall–Kier alpha value is -1.84. The van der Waals surface area contributed by atoms with Crippen LogP contribution in [0.5, 0.6) is 0 Å². The summed E-state index contributed by atoms with van der Waals surface area (Å²) in [5.74, 6) is 0.776. The summed E-state index contributed by atoms with van der Waals surface area (Å²) in [6, 6.07) is 7.69. The van der Waals surface area contributed by atoms with Gasteiger partial charge >= 0.3 is 0 Å². The van der Waals surface area contributed by atoms with E-state index < -0.39 is 0 Å². The number of aromatic nitrogens is 2. The van der Waals surface area contributed by atoms with Crippen molar-refractivity contribution in [3.05, 3.63) is 30.1 Å². The summed E-state index contributed by atoms with van der Waals surface area (Å²) >= 11 is 0. The van der Waals surface area contributed by atoms with Gasteiger partial charge in [0.15, 0.2) is 0 Å². The number of hydrogen-bond donors (Lipinski definition) is 2. The number of amides is 1. The standard InChI is InChI=1S/C10H11N3O/c1-7(11-6-14)10-12-8-4-2-3-5-9(8)13-10/h2-7H,1H3,(H,11,14)(H,12,13)/t7-/m0/s1. The largest absolute Gasteiger partial charge is 0.349 e. The highest BCUT2D eigenvalue weighted by Gasteiger charge is 2.08. The van der Waals surface area contributed by atoms with Gasteiger partial charge in [0.2, 0.25) is 6.41 Å². The minimum absolute atomic E-state index is 0.0834. The Bertz CT molecular complexity index is 416. The SMILES string of the molecule is C[C@H](NC=O)c1nc2ccccc2[nH]1. The zero-order valence-electron chi connectivity index (χ0n) is 7.82. The number of para-hydroxylation sites is 2. The van der Waals surface area contributed by atoms with Crippen molar-refractivity contribution >= 4 is 17.4 Å². The van der Waals surface area contributed by atoms with E-state index in [4.69, 9.17) is 0 Å². The summed E-state index contributed by atoms with van der Waals surface area (Å²) in [6.07, 6.45) is 0.678. The predicted molar refractivity (Wildman–Crippen MR) is 53.7 cm³/mol. The van der Waals surface area contributed by atoms with E-state index in [1.807, 2.05) is 31.2 Å². The third-order valence-corrected chi connectivity index (χ3v) is 2.14. The van der Waals surface area contributed by atoms with Gasteiger partial charge < -0.3 is 10.3 Å². The van der Waals surface area contributed by atoms with Gasteiger partial charge in [-0.3, -0.25) is 4.79 Å². The number of nitrogens with one attached hydrogen (secondary N) is 2. The van der Waals surface area contributed by atoms with Crippen LogP contribution in [0.15, 0.2) is 24.3 Å². The van der Waals surface area contributed by atoms with Crippen LogP contribution < -0.4 is 5.32 Å². The van der Waals surface area contributed by atoms with Crippen molar-refractivity contribution in [3.8, 4) is 0 Å². The zero-order chi connectivity index (χ0) is 9.97. The normalized spacial score (nSPS) is 12.6. The second-order valence-corrected chi connectivity index (χ2v) is 3.15. The van der Waals surface area contributed by atoms with Crippen molar-refractivity contribution in [2.24, 2.45) is 0 Å². The van der Waals surface area contributed by atoms with Crippen molar-refractivity contribution in [1.82, 2.24) is 15.3 Å². The monoisotopic (exact) mass is 189 g/mol. The fourth-order valence-corrected chi connectivity index (χ4v) is 1.36. The van der Waals surface area contributed by atoms with Crippen molar-refractivity contribution in [3.63, 3.8) is 0 Å². The average Bonchev–Trinajstić information content (AvgIpc) is 2.61. The quantitative estimate of drug-likeness (QED) is 0.716. The maximum atomic E-state index is 10.3. The van der Waals surface area contributed by atoms with Crippen LogP contribution in [0, 0.1) is 0 Å². The molecule has 0 unspecified atom stereocenters. The van der Waals surface area contributed by atoms with Gasteiger partial charge in [0, 0.05) is 0 Å². The summed E-state index contributed by atoms with van der Waals surface area (Å²) in [5, 5.41) is 2.65. The van der Waals surface area contributed by atoms with Crippen LogP contribution >= 0.6 is 0 Å². The molecule has 1 atom stereocenters. The highest BCUT2D eigenvalue weighted by Crippen LogP contribution is 2.14. The Labute approximate surface area is 81.3 Å². The molecule has 2 N–H and O–H groups in total. The molecule has 0 fully saturated rings. The molecule has 0 saturated carbocycles. The summed E-state index contributed by atoms with van der Waals surface area (Å²) in [6.45, 7) is 1.88. The maximum Gasteiger partial charge on any atom is 0.207 e. The third-order valence-electron chi connectivity index (χ3n) is 2.14. The van der Waals surface area contributed by atoms with Crippen LogP contribution in [-0.2, 0) is 4.79 Å². The maximum absolute atomic E-state index is 10.3. The van der Waals surface area contributed by atoms with Gasteiger partial charge in [-0.1, -0.05) is 12.1 Å². The smallest absolute Gasteiger partial charge is 0.207 e. The molecule has 1 heterocycles. The molecule has 0 aliphatic heterocycles. The second kappa shape index (κ2) is 3.49. The predicted octanol–water partition coefficient (Wildman–Crippen LogP) is 1.37. The van der Waals surface area contributed by atoms with Crippen LogP contribution in [0.25, 0.3) is 11.0 Å². The molecule has 0 bridgehead atoms. The fraction of sp³-hybridized carbons (Fsp3) is 0.200. The summed E-state index contributed by atoms with van der Waals surface area (Å²) in [7, 11) is 0. The van der Waals surface area contributed by atoms with E-state index in [1.54, 1.807) is 0 Å².